The number of allylic oxidation sites excluding steroid dienone is 2. The number of ether oxygens (including phenoxy) is 5. The highest BCUT2D eigenvalue weighted by Gasteiger charge is 2.69. The number of carbonyl (C=O) groups excluding carboxylic acids is 6. The molecule has 1 aliphatic heterocycles. The highest BCUT2D eigenvalue weighted by atomic mass is 16.6. The Kier molecular flexibility index (Phi) is 14.1. The normalized spacial score (nSPS) is 37.8. The molecule has 1 aromatic heterocycles. The minimum Gasteiger partial charge on any atom is -0.477 e. The van der Waals surface area contributed by atoms with E-state index in [1.165, 1.54) is 23.3 Å². The molecule has 5 aliphatic carbocycles. The van der Waals surface area contributed by atoms with Crippen molar-refractivity contribution >= 4 is 35.7 Å². The van der Waals surface area contributed by atoms with Crippen molar-refractivity contribution in [3.8, 4) is 0 Å². The maximum atomic E-state index is 15.1. The number of fused-ring (bicyclic) bond motifs is 7. The van der Waals surface area contributed by atoms with Gasteiger partial charge >= 0.3 is 23.9 Å². The van der Waals surface area contributed by atoms with E-state index in [1.807, 2.05) is 0 Å². The maximum absolute atomic E-state index is 15.1. The summed E-state index contributed by atoms with van der Waals surface area (Å²) >= 11 is 0. The van der Waals surface area contributed by atoms with E-state index >= 15 is 4.79 Å². The van der Waals surface area contributed by atoms with Gasteiger partial charge in [0.1, 0.15) is 12.3 Å². The summed E-state index contributed by atoms with van der Waals surface area (Å²) in [5, 5.41) is 26.1. The fourth-order valence-corrected chi connectivity index (χ4v) is 14.8. The van der Waals surface area contributed by atoms with E-state index in [1.54, 1.807) is 6.20 Å². The lowest BCUT2D eigenvalue weighted by molar-refractivity contribution is -0.204. The second kappa shape index (κ2) is 18.8. The Morgan fingerprint density at radius 3 is 2.25 bits per heavy atom. The number of nitrogens with zero attached hydrogens (tertiary/aromatic N) is 3. The quantitative estimate of drug-likeness (QED) is 0.127. The molecule has 1 aromatic rings. The van der Waals surface area contributed by atoms with Crippen LogP contribution < -0.4 is 10.6 Å². The molecule has 4 fully saturated rings. The fraction of sp³-hybridized carbons (Fsp3) is 0.765. The highest BCUT2D eigenvalue weighted by Crippen LogP contribution is 2.75. The summed E-state index contributed by atoms with van der Waals surface area (Å²) in [6.45, 7) is 20.9. The van der Waals surface area contributed by atoms with E-state index in [2.05, 4.69) is 75.5 Å². The third-order valence-corrected chi connectivity index (χ3v) is 18.5. The number of nitrogens with one attached hydrogen (secondary N) is 2. The summed E-state index contributed by atoms with van der Waals surface area (Å²) < 4.78 is 28.8. The largest absolute Gasteiger partial charge is 0.477 e. The Morgan fingerprint density at radius 2 is 1.60 bits per heavy atom. The SMILES string of the molecule is COC(=O)C1=C[C@H](n2cc(CNC(=O)[C@]34CC[C@@H](C)[C@H](C)[C@H]3C3=CC[C@@H]5[C@@]6(C)CC[C@H](O)C(C)(C)[C@@H]6CC[C@@]5(C)[C@]3(C)CC4)nn2)[C@@H](NC(C)=O)[C@H]([C@H](OC(C)=O)[C@@H](COC(C)=O)OC(C)=O)O1. The van der Waals surface area contributed by atoms with Gasteiger partial charge in [-0.1, -0.05) is 65.3 Å². The van der Waals surface area contributed by atoms with E-state index in [9.17, 15) is 29.1 Å². The predicted octanol–water partition coefficient (Wildman–Crippen LogP) is 5.84. The van der Waals surface area contributed by atoms with Gasteiger partial charge in [0.15, 0.2) is 18.3 Å². The molecular weight excluding hydrogens is 875 g/mol. The molecule has 0 radical (unpaired) electrons. The Hall–Kier alpha value is -4.80. The number of methoxy groups -OCH3 is 1. The summed E-state index contributed by atoms with van der Waals surface area (Å²) in [7, 11) is 1.15. The van der Waals surface area contributed by atoms with Crippen LogP contribution in [0.3, 0.4) is 0 Å². The van der Waals surface area contributed by atoms with Crippen molar-refractivity contribution in [3.63, 3.8) is 0 Å². The standard InChI is InChI=1S/C51H75N5O12/c1-27-15-20-51(22-21-49(10)34(41(51)28(27)2)13-14-39-48(9)18-17-40(61)47(7,8)38(48)16-19-50(39,49)11)46(63)52-24-33-25-56(55-54-33)35-23-36(45(62)64-12)68-44(42(35)53-29(3)57)43(67-32(6)60)37(66-31(5)59)26-65-30(4)58/h13,23,25,27-28,35,37-44,61H,14-22,24,26H2,1-12H3,(H,52,63)(H,53,57)/t27-,28+,35+,37-,38+,39-,40+,41+,42-,43-,44-,48+,49-,50-,51+/m1/s1. The molecule has 68 heavy (non-hydrogen) atoms. The van der Waals surface area contributed by atoms with Crippen molar-refractivity contribution < 1.29 is 57.6 Å². The molecule has 17 heteroatoms. The first-order valence-corrected chi connectivity index (χ1v) is 24.6. The van der Waals surface area contributed by atoms with Crippen LogP contribution in [0.25, 0.3) is 0 Å². The molecule has 0 spiro atoms. The second-order valence-corrected chi connectivity index (χ2v) is 22.4. The molecule has 6 aliphatic rings. The predicted molar refractivity (Wildman–Crippen MR) is 246 cm³/mol. The summed E-state index contributed by atoms with van der Waals surface area (Å²) in [4.78, 5) is 77.9. The topological polar surface area (TPSA) is 224 Å². The third kappa shape index (κ3) is 8.75. The molecule has 2 heterocycles. The maximum Gasteiger partial charge on any atom is 0.373 e. The Bertz CT molecular complexity index is 2220. The van der Waals surface area contributed by atoms with Gasteiger partial charge in [0, 0.05) is 27.7 Å². The number of aromatic nitrogens is 3. The lowest BCUT2D eigenvalue weighted by Crippen LogP contribution is -2.66. The lowest BCUT2D eigenvalue weighted by Gasteiger charge is -2.71. The first kappa shape index (κ1) is 51.1. The Morgan fingerprint density at radius 1 is 0.897 bits per heavy atom. The zero-order chi connectivity index (χ0) is 49.9. The van der Waals surface area contributed by atoms with Gasteiger partial charge in [0.25, 0.3) is 0 Å². The van der Waals surface area contributed by atoms with Crippen LogP contribution in [-0.4, -0.2) is 100.0 Å². The first-order chi connectivity index (χ1) is 31.8. The van der Waals surface area contributed by atoms with Gasteiger partial charge in [-0.3, -0.25) is 24.0 Å². The Balaban J connectivity index is 1.17. The molecule has 376 valence electrons. The smallest absolute Gasteiger partial charge is 0.373 e. The average molecular weight is 950 g/mol. The molecule has 15 atom stereocenters. The number of hydrogen-bond donors (Lipinski definition) is 3. The van der Waals surface area contributed by atoms with Crippen LogP contribution in [0.1, 0.15) is 146 Å². The van der Waals surface area contributed by atoms with Crippen LogP contribution >= 0.6 is 0 Å². The average Bonchev–Trinajstić information content (AvgIpc) is 3.74. The van der Waals surface area contributed by atoms with E-state index in [0.29, 0.717) is 23.4 Å². The Labute approximate surface area is 400 Å². The van der Waals surface area contributed by atoms with E-state index in [-0.39, 0.29) is 57.8 Å². The molecule has 17 nitrogen and oxygen atoms in total. The van der Waals surface area contributed by atoms with Crippen molar-refractivity contribution in [1.29, 1.82) is 0 Å². The van der Waals surface area contributed by atoms with Crippen molar-refractivity contribution in [3.05, 3.63) is 35.4 Å². The van der Waals surface area contributed by atoms with Crippen molar-refractivity contribution in [2.24, 2.45) is 56.7 Å². The van der Waals surface area contributed by atoms with Gasteiger partial charge in [-0.05, 0) is 115 Å². The van der Waals surface area contributed by atoms with Crippen molar-refractivity contribution in [2.75, 3.05) is 13.7 Å². The molecule has 0 saturated heterocycles. The van der Waals surface area contributed by atoms with Crippen LogP contribution in [-0.2, 0) is 59.0 Å². The summed E-state index contributed by atoms with van der Waals surface area (Å²) in [6.07, 6.45) is 9.31. The van der Waals surface area contributed by atoms with Gasteiger partial charge in [-0.2, -0.15) is 0 Å². The monoisotopic (exact) mass is 950 g/mol. The third-order valence-electron chi connectivity index (χ3n) is 18.5. The molecule has 3 N–H and O–H groups in total. The van der Waals surface area contributed by atoms with Crippen LogP contribution in [0.4, 0.5) is 0 Å². The van der Waals surface area contributed by atoms with Gasteiger partial charge in [0.2, 0.25) is 17.6 Å². The van der Waals surface area contributed by atoms with Gasteiger partial charge in [0.05, 0.1) is 43.5 Å². The molecule has 0 bridgehead atoms. The summed E-state index contributed by atoms with van der Waals surface area (Å²) in [6, 6.07) is -2.18. The zero-order valence-electron chi connectivity index (χ0n) is 42.1. The second-order valence-electron chi connectivity index (χ2n) is 22.4. The number of hydrogen-bond acceptors (Lipinski definition) is 14. The molecule has 4 saturated carbocycles. The lowest BCUT2D eigenvalue weighted by atomic mass is 9.33. The van der Waals surface area contributed by atoms with Gasteiger partial charge < -0.3 is 39.4 Å². The summed E-state index contributed by atoms with van der Waals surface area (Å²) in [5.41, 5.74) is 1.19. The molecular formula is C51H75N5O12. The minimum absolute atomic E-state index is 0.00615. The van der Waals surface area contributed by atoms with Crippen LogP contribution in [0.5, 0.6) is 0 Å². The van der Waals surface area contributed by atoms with Crippen LogP contribution in [0.15, 0.2) is 29.7 Å². The van der Waals surface area contributed by atoms with Gasteiger partial charge in [-0.25, -0.2) is 9.48 Å². The molecule has 7 rings (SSSR count). The number of amides is 2. The minimum atomic E-state index is -1.53. The highest BCUT2D eigenvalue weighted by molar-refractivity contribution is 5.86. The molecule has 2 amide bonds. The van der Waals surface area contributed by atoms with Crippen molar-refractivity contribution in [1.82, 2.24) is 25.6 Å². The zero-order valence-corrected chi connectivity index (χ0v) is 42.1. The summed E-state index contributed by atoms with van der Waals surface area (Å²) in [5.74, 6) is -2.35. The van der Waals surface area contributed by atoms with Gasteiger partial charge in [-0.15, -0.1) is 5.10 Å². The number of aliphatic hydroxyl groups excluding tert-OH is 1. The number of esters is 4. The number of rotatable bonds is 12. The number of carbonyl (C=O) groups is 6. The van der Waals surface area contributed by atoms with E-state index in [0.717, 1.165) is 85.7 Å². The van der Waals surface area contributed by atoms with Crippen LogP contribution in [0.2, 0.25) is 0 Å². The fourth-order valence-electron chi connectivity index (χ4n) is 14.8. The number of aliphatic hydroxyl groups is 1. The van der Waals surface area contributed by atoms with E-state index in [4.69, 9.17) is 23.7 Å². The molecule has 0 unspecified atom stereocenters. The first-order valence-electron chi connectivity index (χ1n) is 24.6. The van der Waals surface area contributed by atoms with Crippen molar-refractivity contribution in [2.45, 2.75) is 177 Å². The van der Waals surface area contributed by atoms with E-state index < -0.39 is 72.2 Å². The molecule has 0 aromatic carbocycles. The van der Waals surface area contributed by atoms with Crippen LogP contribution in [0, 0.1) is 56.7 Å².